The van der Waals surface area contributed by atoms with Crippen LogP contribution < -0.4 is 10.6 Å². The van der Waals surface area contributed by atoms with Crippen molar-refractivity contribution >= 4 is 41.1 Å². The lowest BCUT2D eigenvalue weighted by Crippen LogP contribution is -2.43. The number of rotatable bonds is 11. The van der Waals surface area contributed by atoms with Crippen molar-refractivity contribution < 1.29 is 24.2 Å². The number of hydrogen-bond acceptors (Lipinski definition) is 7. The summed E-state index contributed by atoms with van der Waals surface area (Å²) in [6.07, 6.45) is 1.28. The minimum Gasteiger partial charge on any atom is -0.480 e. The first-order chi connectivity index (χ1) is 17.0. The number of thioether (sulfide) groups is 1. The number of thiazole rings is 1. The van der Waals surface area contributed by atoms with Crippen molar-refractivity contribution in [1.82, 2.24) is 15.6 Å². The van der Waals surface area contributed by atoms with Gasteiger partial charge in [-0.25, -0.2) is 9.59 Å². The van der Waals surface area contributed by atoms with Crippen LogP contribution in [0.3, 0.4) is 0 Å². The van der Waals surface area contributed by atoms with E-state index in [9.17, 15) is 19.5 Å². The normalized spacial score (nSPS) is 12.9. The van der Waals surface area contributed by atoms with Crippen LogP contribution in [0.2, 0.25) is 0 Å². The van der Waals surface area contributed by atoms with Crippen LogP contribution in [0.25, 0.3) is 11.1 Å². The van der Waals surface area contributed by atoms with Crippen molar-refractivity contribution in [2.24, 2.45) is 0 Å². The molecule has 4 rings (SSSR count). The highest BCUT2D eigenvalue weighted by Gasteiger charge is 2.29. The minimum atomic E-state index is -1.09. The van der Waals surface area contributed by atoms with Crippen LogP contribution in [0.5, 0.6) is 0 Å². The molecule has 35 heavy (non-hydrogen) atoms. The highest BCUT2D eigenvalue weighted by atomic mass is 32.2. The fourth-order valence-electron chi connectivity index (χ4n) is 4.02. The first-order valence-electron chi connectivity index (χ1n) is 11.1. The summed E-state index contributed by atoms with van der Waals surface area (Å²) in [5.74, 6) is -0.872. The number of fused-ring (bicyclic) bond motifs is 3. The summed E-state index contributed by atoms with van der Waals surface area (Å²) in [6.45, 7) is 0.573. The summed E-state index contributed by atoms with van der Waals surface area (Å²) < 4.78 is 5.49. The Kier molecular flexibility index (Phi) is 8.38. The van der Waals surface area contributed by atoms with Crippen LogP contribution in [0.4, 0.5) is 4.79 Å². The summed E-state index contributed by atoms with van der Waals surface area (Å²) in [5.41, 5.74) is 6.26. The fraction of sp³-hybridized carbons (Fsp3) is 0.280. The number of carbonyl (C=O) groups is 3. The molecule has 0 spiro atoms. The molecule has 1 unspecified atom stereocenters. The van der Waals surface area contributed by atoms with Gasteiger partial charge < -0.3 is 20.5 Å². The Morgan fingerprint density at radius 3 is 2.40 bits per heavy atom. The van der Waals surface area contributed by atoms with E-state index >= 15 is 0 Å². The zero-order valence-electron chi connectivity index (χ0n) is 18.8. The molecule has 1 atom stereocenters. The number of alkyl carbamates (subject to hydrolysis) is 1. The standard InChI is InChI=1S/C25H25N3O5S2/c29-23(28-22(24(30)31)11-16-12-26-15-35-16)14-34-10-9-27-25(32)33-13-21-19-7-3-1-5-17(19)18-6-2-4-8-20(18)21/h1-8,12,15,21-22H,9-11,13-14H2,(H,27,32)(H,28,29)(H,30,31). The third-order valence-electron chi connectivity index (χ3n) is 5.61. The highest BCUT2D eigenvalue weighted by Crippen LogP contribution is 2.44. The molecule has 1 aromatic heterocycles. The maximum atomic E-state index is 12.2. The Balaban J connectivity index is 1.15. The number of nitrogens with one attached hydrogen (secondary N) is 2. The molecule has 3 aromatic rings. The van der Waals surface area contributed by atoms with Crippen molar-refractivity contribution in [2.75, 3.05) is 24.7 Å². The molecule has 8 nitrogen and oxygen atoms in total. The summed E-state index contributed by atoms with van der Waals surface area (Å²) in [4.78, 5) is 40.4. The number of carboxylic acids is 1. The van der Waals surface area contributed by atoms with Crippen molar-refractivity contribution in [3.63, 3.8) is 0 Å². The molecule has 0 saturated heterocycles. The lowest BCUT2D eigenvalue weighted by Gasteiger charge is -2.15. The first kappa shape index (κ1) is 24.7. The predicted octanol–water partition coefficient (Wildman–Crippen LogP) is 3.53. The van der Waals surface area contributed by atoms with Gasteiger partial charge in [-0.2, -0.15) is 11.8 Å². The number of aliphatic carboxylic acids is 1. The minimum absolute atomic E-state index is 0.00152. The average Bonchev–Trinajstić information content (AvgIpc) is 3.48. The molecule has 1 aliphatic carbocycles. The van der Waals surface area contributed by atoms with Gasteiger partial charge in [0.2, 0.25) is 5.91 Å². The molecular formula is C25H25N3O5S2. The molecule has 2 aromatic carbocycles. The molecular weight excluding hydrogens is 486 g/mol. The van der Waals surface area contributed by atoms with Crippen LogP contribution in [0.1, 0.15) is 21.9 Å². The zero-order valence-corrected chi connectivity index (χ0v) is 20.4. The molecule has 0 fully saturated rings. The van der Waals surface area contributed by atoms with E-state index in [1.54, 1.807) is 11.7 Å². The number of aromatic nitrogens is 1. The van der Waals surface area contributed by atoms with E-state index in [2.05, 4.69) is 39.9 Å². The van der Waals surface area contributed by atoms with E-state index in [-0.39, 0.29) is 30.6 Å². The lowest BCUT2D eigenvalue weighted by molar-refractivity contribution is -0.141. The van der Waals surface area contributed by atoms with Crippen molar-refractivity contribution in [3.8, 4) is 11.1 Å². The van der Waals surface area contributed by atoms with E-state index in [1.807, 2.05) is 24.3 Å². The average molecular weight is 512 g/mol. The third-order valence-corrected chi connectivity index (χ3v) is 7.38. The molecule has 1 heterocycles. The molecule has 0 saturated carbocycles. The quantitative estimate of drug-likeness (QED) is 0.337. The fourth-order valence-corrected chi connectivity index (χ4v) is 5.32. The van der Waals surface area contributed by atoms with Gasteiger partial charge in [0, 0.05) is 35.7 Å². The Bertz CT molecular complexity index is 1140. The smallest absolute Gasteiger partial charge is 0.407 e. The number of benzene rings is 2. The Morgan fingerprint density at radius 1 is 1.09 bits per heavy atom. The highest BCUT2D eigenvalue weighted by molar-refractivity contribution is 7.99. The molecule has 3 N–H and O–H groups in total. The van der Waals surface area contributed by atoms with Gasteiger partial charge in [0.05, 0.1) is 11.3 Å². The number of carboxylic acid groups (broad SMARTS) is 1. The second-order valence-corrected chi connectivity index (χ2v) is 10.0. The molecule has 10 heteroatoms. The van der Waals surface area contributed by atoms with Gasteiger partial charge in [0.1, 0.15) is 12.6 Å². The second-order valence-electron chi connectivity index (χ2n) is 7.94. The summed E-state index contributed by atoms with van der Waals surface area (Å²) in [7, 11) is 0. The van der Waals surface area contributed by atoms with Crippen molar-refractivity contribution in [2.45, 2.75) is 18.4 Å². The monoisotopic (exact) mass is 511 g/mol. The van der Waals surface area contributed by atoms with E-state index in [0.717, 1.165) is 16.0 Å². The molecule has 2 amide bonds. The number of ether oxygens (including phenoxy) is 1. The Morgan fingerprint density at radius 2 is 1.77 bits per heavy atom. The second kappa shape index (κ2) is 11.9. The third kappa shape index (κ3) is 6.40. The van der Waals surface area contributed by atoms with Crippen LogP contribution in [-0.2, 0) is 20.7 Å². The maximum Gasteiger partial charge on any atom is 0.407 e. The predicted molar refractivity (Wildman–Crippen MR) is 136 cm³/mol. The molecule has 0 bridgehead atoms. The summed E-state index contributed by atoms with van der Waals surface area (Å²) in [5, 5.41) is 14.6. The van der Waals surface area contributed by atoms with E-state index in [0.29, 0.717) is 12.3 Å². The van der Waals surface area contributed by atoms with E-state index in [4.69, 9.17) is 4.74 Å². The van der Waals surface area contributed by atoms with Crippen molar-refractivity contribution in [1.29, 1.82) is 0 Å². The topological polar surface area (TPSA) is 118 Å². The zero-order chi connectivity index (χ0) is 24.6. The van der Waals surface area contributed by atoms with Crippen LogP contribution in [0, 0.1) is 0 Å². The van der Waals surface area contributed by atoms with Gasteiger partial charge in [0.25, 0.3) is 0 Å². The van der Waals surface area contributed by atoms with Gasteiger partial charge >= 0.3 is 12.1 Å². The Labute approximate surface area is 211 Å². The number of carbonyl (C=O) groups excluding carboxylic acids is 2. The SMILES string of the molecule is O=C(CSCCNC(=O)OCC1c2ccccc2-c2ccccc21)NC(Cc1cncs1)C(=O)O. The molecule has 0 aliphatic heterocycles. The van der Waals surface area contributed by atoms with Gasteiger partial charge in [-0.05, 0) is 22.3 Å². The number of amides is 2. The maximum absolute atomic E-state index is 12.2. The molecule has 1 aliphatic rings. The number of nitrogens with zero attached hydrogens (tertiary/aromatic N) is 1. The lowest BCUT2D eigenvalue weighted by atomic mass is 9.98. The first-order valence-corrected chi connectivity index (χ1v) is 13.1. The Hall–Kier alpha value is -3.37. The van der Waals surface area contributed by atoms with Crippen LogP contribution >= 0.6 is 23.1 Å². The van der Waals surface area contributed by atoms with Crippen LogP contribution in [-0.4, -0.2) is 58.8 Å². The number of hydrogen-bond donors (Lipinski definition) is 3. The summed E-state index contributed by atoms with van der Waals surface area (Å²) in [6, 6.07) is 15.3. The van der Waals surface area contributed by atoms with Gasteiger partial charge in [0.15, 0.2) is 0 Å². The van der Waals surface area contributed by atoms with Crippen LogP contribution in [0.15, 0.2) is 60.2 Å². The van der Waals surface area contributed by atoms with E-state index < -0.39 is 18.1 Å². The van der Waals surface area contributed by atoms with Crippen molar-refractivity contribution in [3.05, 3.63) is 76.2 Å². The summed E-state index contributed by atoms with van der Waals surface area (Å²) >= 11 is 2.65. The molecule has 0 radical (unpaired) electrons. The largest absolute Gasteiger partial charge is 0.480 e. The van der Waals surface area contributed by atoms with Gasteiger partial charge in [-0.3, -0.25) is 9.78 Å². The molecule has 182 valence electrons. The van der Waals surface area contributed by atoms with Gasteiger partial charge in [-0.1, -0.05) is 48.5 Å². The van der Waals surface area contributed by atoms with Gasteiger partial charge in [-0.15, -0.1) is 11.3 Å². The van der Waals surface area contributed by atoms with E-state index in [1.165, 1.54) is 34.2 Å².